The van der Waals surface area contributed by atoms with E-state index in [1.54, 1.807) is 0 Å². The number of hydrogen-bond donors (Lipinski definition) is 2. The average molecular weight is 358 g/mol. The fourth-order valence-electron chi connectivity index (χ4n) is 3.71. The van der Waals surface area contributed by atoms with Crippen LogP contribution in [0.25, 0.3) is 0 Å². The van der Waals surface area contributed by atoms with Gasteiger partial charge in [0, 0.05) is 11.6 Å². The number of carbonyl (C=O) groups excluding carboxylic acids is 3. The first kappa shape index (κ1) is 18.4. The summed E-state index contributed by atoms with van der Waals surface area (Å²) in [6.45, 7) is -0.545. The quantitative estimate of drug-likeness (QED) is 0.765. The predicted molar refractivity (Wildman–Crippen MR) is 97.6 cm³/mol. The van der Waals surface area contributed by atoms with Gasteiger partial charge in [0.2, 0.25) is 5.91 Å². The van der Waals surface area contributed by atoms with E-state index in [9.17, 15) is 14.4 Å². The van der Waals surface area contributed by atoms with Gasteiger partial charge in [0.05, 0.1) is 0 Å². The highest BCUT2D eigenvalue weighted by atomic mass is 16.5. The molecule has 0 spiro atoms. The Morgan fingerprint density at radius 2 is 1.77 bits per heavy atom. The minimum Gasteiger partial charge on any atom is -0.454 e. The summed E-state index contributed by atoms with van der Waals surface area (Å²) in [5, 5.41) is 5.35. The highest BCUT2D eigenvalue weighted by molar-refractivity contribution is 5.93. The molecule has 1 saturated carbocycles. The molecule has 0 atom stereocenters. The Morgan fingerprint density at radius 1 is 1.00 bits per heavy atom. The predicted octanol–water partition coefficient (Wildman–Crippen LogP) is 2.35. The highest BCUT2D eigenvalue weighted by Crippen LogP contribution is 2.25. The lowest BCUT2D eigenvalue weighted by molar-refractivity contribution is -0.147. The Hall–Kier alpha value is -2.37. The van der Waals surface area contributed by atoms with Crippen molar-refractivity contribution in [2.75, 3.05) is 18.5 Å². The van der Waals surface area contributed by atoms with Crippen molar-refractivity contribution in [3.63, 3.8) is 0 Å². The van der Waals surface area contributed by atoms with Gasteiger partial charge < -0.3 is 15.4 Å². The number of aryl methyl sites for hydroxylation is 2. The number of nitrogens with one attached hydrogen (secondary N) is 2. The monoisotopic (exact) mass is 358 g/mol. The maximum Gasteiger partial charge on any atom is 0.325 e. The molecule has 2 aliphatic rings. The van der Waals surface area contributed by atoms with Crippen molar-refractivity contribution in [2.24, 2.45) is 5.92 Å². The van der Waals surface area contributed by atoms with Gasteiger partial charge in [0.15, 0.2) is 6.61 Å². The van der Waals surface area contributed by atoms with Crippen LogP contribution in [0, 0.1) is 5.92 Å². The normalized spacial score (nSPS) is 16.6. The van der Waals surface area contributed by atoms with Gasteiger partial charge in [0.1, 0.15) is 6.54 Å². The fraction of sp³-hybridized carbons (Fsp3) is 0.550. The number of rotatable bonds is 6. The van der Waals surface area contributed by atoms with Crippen LogP contribution in [0.5, 0.6) is 0 Å². The van der Waals surface area contributed by atoms with Crippen LogP contribution in [-0.4, -0.2) is 30.9 Å². The van der Waals surface area contributed by atoms with Crippen molar-refractivity contribution in [3.05, 3.63) is 29.3 Å². The van der Waals surface area contributed by atoms with Crippen LogP contribution in [0.15, 0.2) is 18.2 Å². The van der Waals surface area contributed by atoms with Gasteiger partial charge in [-0.3, -0.25) is 14.4 Å². The van der Waals surface area contributed by atoms with Gasteiger partial charge in [-0.25, -0.2) is 0 Å². The second-order valence-corrected chi connectivity index (χ2v) is 7.10. The molecular weight excluding hydrogens is 332 g/mol. The van der Waals surface area contributed by atoms with Gasteiger partial charge in [-0.2, -0.15) is 0 Å². The largest absolute Gasteiger partial charge is 0.454 e. The molecule has 6 nitrogen and oxygen atoms in total. The first-order chi connectivity index (χ1) is 12.6. The van der Waals surface area contributed by atoms with E-state index in [4.69, 9.17) is 4.74 Å². The van der Waals surface area contributed by atoms with Crippen molar-refractivity contribution in [1.82, 2.24) is 5.32 Å². The zero-order chi connectivity index (χ0) is 18.4. The van der Waals surface area contributed by atoms with Crippen molar-refractivity contribution >= 4 is 23.5 Å². The molecule has 0 aromatic heterocycles. The second kappa shape index (κ2) is 8.83. The first-order valence-electron chi connectivity index (χ1n) is 9.47. The van der Waals surface area contributed by atoms with Crippen LogP contribution in [0.2, 0.25) is 0 Å². The number of hydrogen-bond acceptors (Lipinski definition) is 4. The topological polar surface area (TPSA) is 84.5 Å². The molecule has 1 aromatic rings. The Labute approximate surface area is 153 Å². The molecule has 2 amide bonds. The second-order valence-electron chi connectivity index (χ2n) is 7.10. The molecule has 0 heterocycles. The van der Waals surface area contributed by atoms with E-state index in [0.717, 1.165) is 50.6 Å². The lowest BCUT2D eigenvalue weighted by Gasteiger charge is -2.20. The first-order valence-corrected chi connectivity index (χ1v) is 9.47. The Bertz CT molecular complexity index is 680. The maximum absolute atomic E-state index is 12.0. The number of carbonyl (C=O) groups is 3. The molecule has 2 N–H and O–H groups in total. The third kappa shape index (κ3) is 5.07. The zero-order valence-electron chi connectivity index (χ0n) is 15.0. The third-order valence-electron chi connectivity index (χ3n) is 5.13. The lowest BCUT2D eigenvalue weighted by atomic mass is 9.89. The molecule has 0 unspecified atom stereocenters. The summed E-state index contributed by atoms with van der Waals surface area (Å²) < 4.78 is 4.94. The molecule has 0 aliphatic heterocycles. The Balaban J connectivity index is 1.36. The van der Waals surface area contributed by atoms with Crippen LogP contribution in [0.4, 0.5) is 5.69 Å². The van der Waals surface area contributed by atoms with E-state index >= 15 is 0 Å². The molecule has 26 heavy (non-hydrogen) atoms. The zero-order valence-corrected chi connectivity index (χ0v) is 15.0. The summed E-state index contributed by atoms with van der Waals surface area (Å²) in [6, 6.07) is 5.88. The van der Waals surface area contributed by atoms with Crippen LogP contribution in [-0.2, 0) is 32.0 Å². The van der Waals surface area contributed by atoms with E-state index < -0.39 is 5.97 Å². The number of benzene rings is 1. The molecule has 0 saturated heterocycles. The molecular formula is C20H26N2O4. The lowest BCUT2D eigenvalue weighted by Crippen LogP contribution is -2.36. The van der Waals surface area contributed by atoms with Crippen LogP contribution < -0.4 is 10.6 Å². The molecule has 140 valence electrons. The third-order valence-corrected chi connectivity index (χ3v) is 5.13. The standard InChI is InChI=1S/C20H26N2O4/c23-18(22-17-10-9-14-7-4-8-16(14)11-17)13-26-19(24)12-21-20(25)15-5-2-1-3-6-15/h9-11,15H,1-8,12-13H2,(H,21,25)(H,22,23). The minimum absolute atomic E-state index is 0.000317. The van der Waals surface area contributed by atoms with E-state index in [1.165, 1.54) is 17.5 Å². The van der Waals surface area contributed by atoms with Gasteiger partial charge in [-0.15, -0.1) is 0 Å². The number of ether oxygens (including phenoxy) is 1. The SMILES string of the molecule is O=C(COC(=O)CNC(=O)C1CCCCC1)Nc1ccc2c(c1)CCC2. The van der Waals surface area contributed by atoms with Gasteiger partial charge >= 0.3 is 5.97 Å². The molecule has 1 fully saturated rings. The molecule has 3 rings (SSSR count). The van der Waals surface area contributed by atoms with Crippen molar-refractivity contribution in [2.45, 2.75) is 51.4 Å². The van der Waals surface area contributed by atoms with Gasteiger partial charge in [-0.05, 0) is 55.4 Å². The Morgan fingerprint density at radius 3 is 2.58 bits per heavy atom. The molecule has 2 aliphatic carbocycles. The van der Waals surface area contributed by atoms with E-state index in [1.807, 2.05) is 18.2 Å². The summed E-state index contributed by atoms with van der Waals surface area (Å²) in [6.07, 6.45) is 8.33. The molecule has 0 radical (unpaired) electrons. The smallest absolute Gasteiger partial charge is 0.325 e. The van der Waals surface area contributed by atoms with Gasteiger partial charge in [0.25, 0.3) is 5.91 Å². The van der Waals surface area contributed by atoms with Crippen LogP contribution in [0.1, 0.15) is 49.7 Å². The van der Waals surface area contributed by atoms with Gasteiger partial charge in [-0.1, -0.05) is 25.3 Å². The van der Waals surface area contributed by atoms with Crippen LogP contribution >= 0.6 is 0 Å². The number of esters is 1. The van der Waals surface area contributed by atoms with Crippen molar-refractivity contribution in [3.8, 4) is 0 Å². The number of fused-ring (bicyclic) bond motifs is 1. The Kier molecular flexibility index (Phi) is 6.26. The van der Waals surface area contributed by atoms with Crippen molar-refractivity contribution in [1.29, 1.82) is 0 Å². The summed E-state index contributed by atoms with van der Waals surface area (Å²) in [7, 11) is 0. The summed E-state index contributed by atoms with van der Waals surface area (Å²) in [5.74, 6) is -1.07. The minimum atomic E-state index is -0.599. The molecule has 0 bridgehead atoms. The van der Waals surface area contributed by atoms with E-state index in [-0.39, 0.29) is 30.9 Å². The van der Waals surface area contributed by atoms with Crippen molar-refractivity contribution < 1.29 is 19.1 Å². The van der Waals surface area contributed by atoms with E-state index in [0.29, 0.717) is 0 Å². The average Bonchev–Trinajstić information content (AvgIpc) is 3.13. The number of amides is 2. The van der Waals surface area contributed by atoms with E-state index in [2.05, 4.69) is 10.6 Å². The maximum atomic E-state index is 12.0. The molecule has 1 aromatic carbocycles. The van der Waals surface area contributed by atoms with Crippen LogP contribution in [0.3, 0.4) is 0 Å². The summed E-state index contributed by atoms with van der Waals surface area (Å²) in [4.78, 5) is 35.6. The highest BCUT2D eigenvalue weighted by Gasteiger charge is 2.21. The summed E-state index contributed by atoms with van der Waals surface area (Å²) >= 11 is 0. The fourth-order valence-corrected chi connectivity index (χ4v) is 3.71. The number of anilines is 1. The molecule has 6 heteroatoms. The summed E-state index contributed by atoms with van der Waals surface area (Å²) in [5.41, 5.74) is 3.32.